The van der Waals surface area contributed by atoms with Crippen LogP contribution in [0.15, 0.2) is 48.5 Å². The molecule has 0 atom stereocenters. The average Bonchev–Trinajstić information content (AvgIpc) is 3.01. The molecule has 0 bridgehead atoms. The van der Waals surface area contributed by atoms with E-state index in [1.165, 1.54) is 37.2 Å². The lowest BCUT2D eigenvalue weighted by Gasteiger charge is -2.18. The van der Waals surface area contributed by atoms with Gasteiger partial charge in [0.25, 0.3) is 0 Å². The van der Waals surface area contributed by atoms with Crippen LogP contribution in [0.3, 0.4) is 0 Å². The molecule has 1 aliphatic heterocycles. The largest absolute Gasteiger partial charge is 0.399 e. The molecule has 0 aliphatic carbocycles. The first-order valence-electron chi connectivity index (χ1n) is 7.24. The number of benzene rings is 2. The molecule has 0 aromatic heterocycles. The lowest BCUT2D eigenvalue weighted by molar-refractivity contribution is 0.949. The maximum absolute atomic E-state index is 5.69. The molecule has 0 saturated carbocycles. The van der Waals surface area contributed by atoms with Gasteiger partial charge in [-0.3, -0.25) is 0 Å². The predicted octanol–water partition coefficient (Wildman–Crippen LogP) is 3.48. The summed E-state index contributed by atoms with van der Waals surface area (Å²) in [6.07, 6.45) is 2.63. The third-order valence-electron chi connectivity index (χ3n) is 3.79. The summed E-state index contributed by atoms with van der Waals surface area (Å²) in [5, 5.41) is 3.43. The molecular formula is C17H21N3. The molecule has 0 unspecified atom stereocenters. The van der Waals surface area contributed by atoms with Crippen LogP contribution in [0.4, 0.5) is 17.1 Å². The second-order valence-electron chi connectivity index (χ2n) is 5.34. The van der Waals surface area contributed by atoms with Gasteiger partial charge in [-0.2, -0.15) is 0 Å². The van der Waals surface area contributed by atoms with Crippen LogP contribution in [0.2, 0.25) is 0 Å². The smallest absolute Gasteiger partial charge is 0.0401 e. The van der Waals surface area contributed by atoms with Crippen molar-refractivity contribution in [3.8, 4) is 0 Å². The monoisotopic (exact) mass is 267 g/mol. The summed E-state index contributed by atoms with van der Waals surface area (Å²) in [5.41, 5.74) is 10.2. The Morgan fingerprint density at radius 1 is 1.00 bits per heavy atom. The van der Waals surface area contributed by atoms with Crippen molar-refractivity contribution in [3.05, 3.63) is 54.1 Å². The van der Waals surface area contributed by atoms with Crippen LogP contribution in [0.1, 0.15) is 18.4 Å². The van der Waals surface area contributed by atoms with E-state index in [0.29, 0.717) is 0 Å². The molecule has 0 radical (unpaired) electrons. The van der Waals surface area contributed by atoms with Gasteiger partial charge < -0.3 is 16.0 Å². The molecule has 104 valence electrons. The van der Waals surface area contributed by atoms with E-state index < -0.39 is 0 Å². The lowest BCUT2D eigenvalue weighted by atomic mass is 10.2. The van der Waals surface area contributed by atoms with Crippen molar-refractivity contribution in [2.24, 2.45) is 0 Å². The molecule has 3 nitrogen and oxygen atoms in total. The molecule has 0 spiro atoms. The Bertz CT molecular complexity index is 557. The zero-order chi connectivity index (χ0) is 13.8. The van der Waals surface area contributed by atoms with E-state index in [4.69, 9.17) is 5.73 Å². The molecule has 3 rings (SSSR count). The summed E-state index contributed by atoms with van der Waals surface area (Å²) in [7, 11) is 0. The van der Waals surface area contributed by atoms with Crippen molar-refractivity contribution >= 4 is 17.1 Å². The molecule has 3 heteroatoms. The lowest BCUT2D eigenvalue weighted by Crippen LogP contribution is -2.17. The van der Waals surface area contributed by atoms with E-state index in [1.807, 2.05) is 24.3 Å². The Balaban J connectivity index is 1.65. The fourth-order valence-electron chi connectivity index (χ4n) is 2.64. The summed E-state index contributed by atoms with van der Waals surface area (Å²) in [6.45, 7) is 3.22. The highest BCUT2D eigenvalue weighted by Gasteiger charge is 2.12. The molecule has 0 amide bonds. The van der Waals surface area contributed by atoms with E-state index in [9.17, 15) is 0 Å². The van der Waals surface area contributed by atoms with Crippen LogP contribution in [0.5, 0.6) is 0 Å². The quantitative estimate of drug-likeness (QED) is 0.833. The second-order valence-corrected chi connectivity index (χ2v) is 5.34. The van der Waals surface area contributed by atoms with Gasteiger partial charge in [0.05, 0.1) is 0 Å². The molecule has 1 heterocycles. The van der Waals surface area contributed by atoms with Gasteiger partial charge in [0.2, 0.25) is 0 Å². The first-order valence-corrected chi connectivity index (χ1v) is 7.24. The molecule has 2 aromatic rings. The van der Waals surface area contributed by atoms with Crippen LogP contribution in [0, 0.1) is 0 Å². The average molecular weight is 267 g/mol. The van der Waals surface area contributed by atoms with Crippen molar-refractivity contribution in [3.63, 3.8) is 0 Å². The van der Waals surface area contributed by atoms with Crippen molar-refractivity contribution < 1.29 is 0 Å². The normalized spacial score (nSPS) is 14.5. The molecule has 1 fully saturated rings. The third-order valence-corrected chi connectivity index (χ3v) is 3.79. The van der Waals surface area contributed by atoms with Gasteiger partial charge in [0.15, 0.2) is 0 Å². The zero-order valence-electron chi connectivity index (χ0n) is 11.7. The Morgan fingerprint density at radius 3 is 2.50 bits per heavy atom. The van der Waals surface area contributed by atoms with Gasteiger partial charge in [-0.1, -0.05) is 12.1 Å². The SMILES string of the molecule is Nc1ccc(NCc2cccc(N3CCCC3)c2)cc1. The Hall–Kier alpha value is -2.16. The number of rotatable bonds is 4. The minimum absolute atomic E-state index is 0.798. The summed E-state index contributed by atoms with van der Waals surface area (Å²) in [5.74, 6) is 0. The summed E-state index contributed by atoms with van der Waals surface area (Å²) in [6, 6.07) is 16.7. The minimum atomic E-state index is 0.798. The number of anilines is 3. The van der Waals surface area contributed by atoms with E-state index in [0.717, 1.165) is 17.9 Å². The van der Waals surface area contributed by atoms with Crippen LogP contribution in [-0.4, -0.2) is 13.1 Å². The first kappa shape index (κ1) is 12.9. The van der Waals surface area contributed by atoms with Crippen LogP contribution >= 0.6 is 0 Å². The number of nitrogens with one attached hydrogen (secondary N) is 1. The Morgan fingerprint density at radius 2 is 1.75 bits per heavy atom. The van der Waals surface area contributed by atoms with Gasteiger partial charge >= 0.3 is 0 Å². The maximum Gasteiger partial charge on any atom is 0.0401 e. The third kappa shape index (κ3) is 3.05. The van der Waals surface area contributed by atoms with Gasteiger partial charge in [-0.05, 0) is 54.8 Å². The molecule has 3 N–H and O–H groups in total. The number of nitrogens with two attached hydrogens (primary N) is 1. The van der Waals surface area contributed by atoms with Gasteiger partial charge in [0.1, 0.15) is 0 Å². The summed E-state index contributed by atoms with van der Waals surface area (Å²) < 4.78 is 0. The van der Waals surface area contributed by atoms with Crippen molar-refractivity contribution in [1.29, 1.82) is 0 Å². The van der Waals surface area contributed by atoms with E-state index in [1.54, 1.807) is 0 Å². The van der Waals surface area contributed by atoms with E-state index >= 15 is 0 Å². The minimum Gasteiger partial charge on any atom is -0.399 e. The second kappa shape index (κ2) is 5.87. The highest BCUT2D eigenvalue weighted by Crippen LogP contribution is 2.21. The Kier molecular flexibility index (Phi) is 3.77. The molecule has 1 aliphatic rings. The Labute approximate surface area is 120 Å². The number of hydrogen-bond donors (Lipinski definition) is 2. The highest BCUT2D eigenvalue weighted by atomic mass is 15.1. The number of nitrogens with zero attached hydrogens (tertiary/aromatic N) is 1. The van der Waals surface area contributed by atoms with Gasteiger partial charge in [-0.25, -0.2) is 0 Å². The fourth-order valence-corrected chi connectivity index (χ4v) is 2.64. The van der Waals surface area contributed by atoms with Gasteiger partial charge in [-0.15, -0.1) is 0 Å². The topological polar surface area (TPSA) is 41.3 Å². The summed E-state index contributed by atoms with van der Waals surface area (Å²) in [4.78, 5) is 2.46. The molecular weight excluding hydrogens is 246 g/mol. The number of hydrogen-bond acceptors (Lipinski definition) is 3. The predicted molar refractivity (Wildman–Crippen MR) is 86.1 cm³/mol. The molecule has 1 saturated heterocycles. The van der Waals surface area contributed by atoms with E-state index in [2.05, 4.69) is 34.5 Å². The standard InChI is InChI=1S/C17H21N3/c18-15-6-8-16(9-7-15)19-13-14-4-3-5-17(12-14)20-10-1-2-11-20/h3-9,12,19H,1-2,10-11,13,18H2. The van der Waals surface area contributed by atoms with Crippen molar-refractivity contribution in [2.75, 3.05) is 29.0 Å². The van der Waals surface area contributed by atoms with E-state index in [-0.39, 0.29) is 0 Å². The maximum atomic E-state index is 5.69. The van der Waals surface area contributed by atoms with Crippen LogP contribution < -0.4 is 16.0 Å². The van der Waals surface area contributed by atoms with Crippen molar-refractivity contribution in [2.45, 2.75) is 19.4 Å². The first-order chi connectivity index (χ1) is 9.81. The highest BCUT2D eigenvalue weighted by molar-refractivity contribution is 5.53. The summed E-state index contributed by atoms with van der Waals surface area (Å²) >= 11 is 0. The van der Waals surface area contributed by atoms with Crippen LogP contribution in [0.25, 0.3) is 0 Å². The number of nitrogen functional groups attached to an aromatic ring is 1. The zero-order valence-corrected chi connectivity index (χ0v) is 11.7. The van der Waals surface area contributed by atoms with Crippen molar-refractivity contribution in [1.82, 2.24) is 0 Å². The fraction of sp³-hybridized carbons (Fsp3) is 0.294. The van der Waals surface area contributed by atoms with Crippen LogP contribution in [-0.2, 0) is 6.54 Å². The van der Waals surface area contributed by atoms with Gasteiger partial charge in [0, 0.05) is 36.7 Å². The molecule has 20 heavy (non-hydrogen) atoms. The molecule has 2 aromatic carbocycles.